The fourth-order valence-corrected chi connectivity index (χ4v) is 9.87. The van der Waals surface area contributed by atoms with Crippen LogP contribution in [-0.2, 0) is 20.0 Å². The molecule has 2 aromatic heterocycles. The molecular weight excluding hydrogens is 732 g/mol. The highest BCUT2D eigenvalue weighted by Gasteiger charge is 2.21. The van der Waals surface area contributed by atoms with Crippen LogP contribution in [0.2, 0.25) is 10.0 Å². The number of sulfonamides is 2. The molecule has 0 spiro atoms. The Kier molecular flexibility index (Phi) is 12.3. The van der Waals surface area contributed by atoms with E-state index in [-0.39, 0.29) is 9.79 Å². The van der Waals surface area contributed by atoms with E-state index in [1.54, 1.807) is 62.6 Å². The minimum atomic E-state index is -3.72. The summed E-state index contributed by atoms with van der Waals surface area (Å²) in [5, 5.41) is 0.841. The second-order valence-electron chi connectivity index (χ2n) is 10.9. The van der Waals surface area contributed by atoms with Crippen molar-refractivity contribution in [3.05, 3.63) is 94.2 Å². The Labute approximate surface area is 301 Å². The van der Waals surface area contributed by atoms with Crippen molar-refractivity contribution in [1.29, 1.82) is 0 Å². The zero-order chi connectivity index (χ0) is 34.3. The van der Waals surface area contributed by atoms with Crippen molar-refractivity contribution in [1.82, 2.24) is 9.97 Å². The fraction of sp³-hybridized carbons (Fsp3) is 0.312. The topological polar surface area (TPSA) is 125 Å². The second kappa shape index (κ2) is 16.2. The molecule has 0 aliphatic carbocycles. The van der Waals surface area contributed by atoms with Crippen LogP contribution in [0.5, 0.6) is 0 Å². The molecule has 2 aliphatic rings. The number of hydrogen-bond donors (Lipinski definition) is 2. The zero-order valence-corrected chi connectivity index (χ0v) is 31.2. The van der Waals surface area contributed by atoms with Crippen LogP contribution in [0.4, 0.5) is 23.0 Å². The summed E-state index contributed by atoms with van der Waals surface area (Å²) in [5.74, 6) is 4.99. The summed E-state index contributed by atoms with van der Waals surface area (Å²) in [6.45, 7) is 7.31. The van der Waals surface area contributed by atoms with Crippen LogP contribution in [-0.4, -0.2) is 76.0 Å². The van der Waals surface area contributed by atoms with Crippen molar-refractivity contribution in [3.63, 3.8) is 0 Å². The molecule has 0 saturated carbocycles. The van der Waals surface area contributed by atoms with Crippen molar-refractivity contribution in [2.75, 3.05) is 68.4 Å². The molecule has 2 aromatic carbocycles. The predicted molar refractivity (Wildman–Crippen MR) is 202 cm³/mol. The summed E-state index contributed by atoms with van der Waals surface area (Å²) in [6, 6.07) is 16.8. The average Bonchev–Trinajstić information content (AvgIpc) is 3.08. The van der Waals surface area contributed by atoms with Crippen molar-refractivity contribution in [2.24, 2.45) is 0 Å². The van der Waals surface area contributed by atoms with Gasteiger partial charge in [0, 0.05) is 59.2 Å². The van der Waals surface area contributed by atoms with Gasteiger partial charge in [-0.15, -0.1) is 0 Å². The first-order valence-corrected chi connectivity index (χ1v) is 21.1. The summed E-state index contributed by atoms with van der Waals surface area (Å²) in [5.41, 5.74) is 3.07. The van der Waals surface area contributed by atoms with Gasteiger partial charge in [-0.3, -0.25) is 9.44 Å². The first-order chi connectivity index (χ1) is 22.9. The fourth-order valence-electron chi connectivity index (χ4n) is 5.05. The lowest BCUT2D eigenvalue weighted by Crippen LogP contribution is -2.32. The Hall–Kier alpha value is -2.88. The first-order valence-electron chi connectivity index (χ1n) is 15.1. The van der Waals surface area contributed by atoms with Gasteiger partial charge >= 0.3 is 0 Å². The largest absolute Gasteiger partial charge is 0.369 e. The maximum atomic E-state index is 12.5. The highest BCUT2D eigenvalue weighted by molar-refractivity contribution is 7.99. The first kappa shape index (κ1) is 36.4. The number of nitrogens with zero attached hydrogens (tertiary/aromatic N) is 4. The number of halogens is 2. The van der Waals surface area contributed by atoms with Gasteiger partial charge in [-0.25, -0.2) is 26.8 Å². The number of benzene rings is 2. The SMILES string of the molecule is Cc1c(Cl)cccc1S(=O)(=O)Nc1ccc(N2CCSCC2)cn1.Cc1c(Cl)cccc1S(=O)(=O)Nc1ccc(N2CCSCC2)cn1. The monoisotopic (exact) mass is 766 g/mol. The molecule has 4 heterocycles. The molecule has 2 aliphatic heterocycles. The van der Waals surface area contributed by atoms with Crippen molar-refractivity contribution < 1.29 is 16.8 Å². The second-order valence-corrected chi connectivity index (χ2v) is 17.5. The molecule has 2 fully saturated rings. The third kappa shape index (κ3) is 9.21. The summed E-state index contributed by atoms with van der Waals surface area (Å²) >= 11 is 15.9. The van der Waals surface area contributed by atoms with Gasteiger partial charge in [0.15, 0.2) is 0 Å². The average molecular weight is 768 g/mol. The number of hydrogen-bond acceptors (Lipinski definition) is 10. The van der Waals surface area contributed by atoms with Gasteiger partial charge in [0.1, 0.15) is 11.6 Å². The van der Waals surface area contributed by atoms with Crippen molar-refractivity contribution >= 4 is 89.8 Å². The van der Waals surface area contributed by atoms with Crippen molar-refractivity contribution in [2.45, 2.75) is 23.6 Å². The van der Waals surface area contributed by atoms with E-state index in [4.69, 9.17) is 23.2 Å². The summed E-state index contributed by atoms with van der Waals surface area (Å²) in [4.78, 5) is 13.3. The van der Waals surface area contributed by atoms with E-state index in [0.29, 0.717) is 32.8 Å². The van der Waals surface area contributed by atoms with E-state index in [2.05, 4.69) is 29.2 Å². The quantitative estimate of drug-likeness (QED) is 0.198. The maximum Gasteiger partial charge on any atom is 0.263 e. The highest BCUT2D eigenvalue weighted by atomic mass is 35.5. The number of nitrogens with one attached hydrogen (secondary N) is 2. The van der Waals surface area contributed by atoms with Gasteiger partial charge in [-0.1, -0.05) is 35.3 Å². The summed E-state index contributed by atoms with van der Waals surface area (Å²) in [7, 11) is -7.44. The number of aromatic nitrogens is 2. The molecule has 6 rings (SSSR count). The number of thioether (sulfide) groups is 2. The van der Waals surface area contributed by atoms with Gasteiger partial charge in [0.25, 0.3) is 20.0 Å². The molecule has 256 valence electrons. The number of anilines is 4. The predicted octanol–water partition coefficient (Wildman–Crippen LogP) is 6.79. The highest BCUT2D eigenvalue weighted by Crippen LogP contribution is 2.27. The minimum absolute atomic E-state index is 0.161. The van der Waals surface area contributed by atoms with E-state index in [0.717, 1.165) is 60.6 Å². The maximum absolute atomic E-state index is 12.5. The smallest absolute Gasteiger partial charge is 0.263 e. The van der Waals surface area contributed by atoms with Gasteiger partial charge < -0.3 is 9.80 Å². The van der Waals surface area contributed by atoms with Gasteiger partial charge in [0.2, 0.25) is 0 Å². The molecule has 0 amide bonds. The van der Waals surface area contributed by atoms with Crippen LogP contribution in [0.15, 0.2) is 82.8 Å². The standard InChI is InChI=1S/2C16H18ClN3O2S2/c2*1-12-14(17)3-2-4-15(12)24(21,22)19-16-6-5-13(11-18-16)20-7-9-23-10-8-20/h2*2-6,11H,7-10H2,1H3,(H,18,19). The Morgan fingerprint density at radius 1 is 0.604 bits per heavy atom. The molecule has 0 unspecified atom stereocenters. The molecule has 0 bridgehead atoms. The summed E-state index contributed by atoms with van der Waals surface area (Å²) < 4.78 is 55.2. The Balaban J connectivity index is 0.000000188. The molecule has 0 atom stereocenters. The van der Waals surface area contributed by atoms with E-state index in [1.807, 2.05) is 35.7 Å². The lowest BCUT2D eigenvalue weighted by Gasteiger charge is -2.28. The van der Waals surface area contributed by atoms with Gasteiger partial charge in [-0.05, 0) is 73.5 Å². The van der Waals surface area contributed by atoms with Crippen LogP contribution >= 0.6 is 46.7 Å². The van der Waals surface area contributed by atoms with E-state index in [9.17, 15) is 16.8 Å². The number of pyridine rings is 2. The third-order valence-electron chi connectivity index (χ3n) is 7.74. The Morgan fingerprint density at radius 2 is 0.979 bits per heavy atom. The molecule has 10 nitrogen and oxygen atoms in total. The molecule has 4 aromatic rings. The van der Waals surface area contributed by atoms with Gasteiger partial charge in [-0.2, -0.15) is 23.5 Å². The van der Waals surface area contributed by atoms with E-state index >= 15 is 0 Å². The van der Waals surface area contributed by atoms with Crippen LogP contribution in [0.1, 0.15) is 11.1 Å². The Morgan fingerprint density at radius 3 is 1.31 bits per heavy atom. The Bertz CT molecular complexity index is 1780. The van der Waals surface area contributed by atoms with Crippen LogP contribution in [0.3, 0.4) is 0 Å². The normalized spacial score (nSPS) is 15.3. The third-order valence-corrected chi connectivity index (χ3v) is 13.4. The van der Waals surface area contributed by atoms with Gasteiger partial charge in [0.05, 0.1) is 33.6 Å². The lowest BCUT2D eigenvalue weighted by atomic mass is 10.2. The number of rotatable bonds is 8. The molecule has 0 radical (unpaired) electrons. The van der Waals surface area contributed by atoms with Crippen LogP contribution in [0, 0.1) is 13.8 Å². The molecular formula is C32H36Cl2N6O4S4. The molecule has 2 N–H and O–H groups in total. The zero-order valence-electron chi connectivity index (χ0n) is 26.4. The van der Waals surface area contributed by atoms with E-state index in [1.165, 1.54) is 12.1 Å². The minimum Gasteiger partial charge on any atom is -0.369 e. The lowest BCUT2D eigenvalue weighted by molar-refractivity contribution is 0.598. The molecule has 2 saturated heterocycles. The van der Waals surface area contributed by atoms with Crippen LogP contribution < -0.4 is 19.2 Å². The van der Waals surface area contributed by atoms with Crippen molar-refractivity contribution in [3.8, 4) is 0 Å². The molecule has 16 heteroatoms. The van der Waals surface area contributed by atoms with Crippen LogP contribution in [0.25, 0.3) is 0 Å². The molecule has 48 heavy (non-hydrogen) atoms. The van der Waals surface area contributed by atoms with E-state index < -0.39 is 20.0 Å². The summed E-state index contributed by atoms with van der Waals surface area (Å²) in [6.07, 6.45) is 3.41.